The number of likely N-dealkylation sites (N-methyl/N-ethyl adjacent to an activating group) is 1. The Bertz CT molecular complexity index is 1380. The van der Waals surface area contributed by atoms with E-state index in [4.69, 9.17) is 15.6 Å². The van der Waals surface area contributed by atoms with E-state index in [2.05, 4.69) is 15.3 Å². The average molecular weight is 514 g/mol. The smallest absolute Gasteiger partial charge is 0.237 e. The number of nitrogen functional groups attached to an aromatic ring is 1. The van der Waals surface area contributed by atoms with Crippen LogP contribution in [-0.4, -0.2) is 56.7 Å². The third-order valence-electron chi connectivity index (χ3n) is 7.33. The standard InChI is InChI=1S/C29H35N7O2/c1-4-24(35(2)3)29(37)33-20-12-14-21(15-13-20)36-28-25(27(30)31-18-32-28)26(34-36)19-10-16-23(17-11-19)38-22-8-6-5-7-9-22/h5-11,16-18,20-21,24H,4,12-15H2,1-3H3,(H,33,37)(H2,30,31,32)/t20?,21?,24-/m0/s1. The van der Waals surface area contributed by atoms with E-state index in [1.165, 1.54) is 6.33 Å². The second-order valence-electron chi connectivity index (χ2n) is 10.1. The summed E-state index contributed by atoms with van der Waals surface area (Å²) in [6, 6.07) is 17.8. The molecule has 0 radical (unpaired) electrons. The van der Waals surface area contributed by atoms with Crippen LogP contribution in [0.5, 0.6) is 11.5 Å². The predicted molar refractivity (Wildman–Crippen MR) is 149 cm³/mol. The summed E-state index contributed by atoms with van der Waals surface area (Å²) in [4.78, 5) is 23.5. The van der Waals surface area contributed by atoms with Gasteiger partial charge in [0.05, 0.1) is 17.5 Å². The lowest BCUT2D eigenvalue weighted by molar-refractivity contribution is -0.126. The molecule has 0 saturated heterocycles. The van der Waals surface area contributed by atoms with Gasteiger partial charge in [-0.05, 0) is 82.6 Å². The van der Waals surface area contributed by atoms with Crippen LogP contribution < -0.4 is 15.8 Å². The van der Waals surface area contributed by atoms with E-state index in [9.17, 15) is 4.79 Å². The topological polar surface area (TPSA) is 111 Å². The number of aromatic nitrogens is 4. The first-order chi connectivity index (χ1) is 18.4. The van der Waals surface area contributed by atoms with E-state index in [1.807, 2.05) is 85.2 Å². The normalized spacial score (nSPS) is 18.4. The molecule has 1 atom stereocenters. The number of ether oxygens (including phenoxy) is 1. The van der Waals surface area contributed by atoms with E-state index in [0.29, 0.717) is 5.82 Å². The van der Waals surface area contributed by atoms with Gasteiger partial charge in [0.15, 0.2) is 5.65 Å². The van der Waals surface area contributed by atoms with Crippen LogP contribution in [0.15, 0.2) is 60.9 Å². The predicted octanol–water partition coefficient (Wildman–Crippen LogP) is 4.81. The summed E-state index contributed by atoms with van der Waals surface area (Å²) in [6.07, 6.45) is 5.86. The number of carbonyl (C=O) groups is 1. The number of carbonyl (C=O) groups excluding carboxylic acids is 1. The van der Waals surface area contributed by atoms with Crippen molar-refractivity contribution in [3.05, 3.63) is 60.9 Å². The lowest BCUT2D eigenvalue weighted by atomic mass is 9.91. The van der Waals surface area contributed by atoms with Gasteiger partial charge < -0.3 is 15.8 Å². The molecule has 0 aliphatic heterocycles. The molecule has 0 bridgehead atoms. The van der Waals surface area contributed by atoms with Crippen molar-refractivity contribution in [1.29, 1.82) is 0 Å². The van der Waals surface area contributed by atoms with Crippen LogP contribution >= 0.6 is 0 Å². The molecular weight excluding hydrogens is 478 g/mol. The summed E-state index contributed by atoms with van der Waals surface area (Å²) in [7, 11) is 3.89. The molecule has 1 amide bonds. The largest absolute Gasteiger partial charge is 0.457 e. The lowest BCUT2D eigenvalue weighted by Gasteiger charge is -2.31. The van der Waals surface area contributed by atoms with Crippen LogP contribution in [0.25, 0.3) is 22.3 Å². The van der Waals surface area contributed by atoms with Crippen LogP contribution in [0.2, 0.25) is 0 Å². The first-order valence-corrected chi connectivity index (χ1v) is 13.2. The number of amides is 1. The van der Waals surface area contributed by atoms with Gasteiger partial charge in [-0.1, -0.05) is 25.1 Å². The molecule has 1 aliphatic carbocycles. The highest BCUT2D eigenvalue weighted by molar-refractivity contribution is 5.98. The van der Waals surface area contributed by atoms with E-state index in [-0.39, 0.29) is 24.0 Å². The van der Waals surface area contributed by atoms with Crippen LogP contribution in [0, 0.1) is 0 Å². The van der Waals surface area contributed by atoms with E-state index in [0.717, 1.165) is 65.9 Å². The number of nitrogens with one attached hydrogen (secondary N) is 1. The molecule has 1 saturated carbocycles. The fourth-order valence-corrected chi connectivity index (χ4v) is 5.30. The molecule has 0 unspecified atom stereocenters. The van der Waals surface area contributed by atoms with Gasteiger partial charge in [-0.3, -0.25) is 9.69 Å². The maximum atomic E-state index is 12.7. The maximum Gasteiger partial charge on any atom is 0.237 e. The first-order valence-electron chi connectivity index (χ1n) is 13.2. The molecule has 9 heteroatoms. The number of hydrogen-bond donors (Lipinski definition) is 2. The maximum absolute atomic E-state index is 12.7. The van der Waals surface area contributed by atoms with Gasteiger partial charge in [0.1, 0.15) is 29.3 Å². The van der Waals surface area contributed by atoms with Crippen molar-refractivity contribution in [1.82, 2.24) is 30.0 Å². The highest BCUT2D eigenvalue weighted by Gasteiger charge is 2.29. The summed E-state index contributed by atoms with van der Waals surface area (Å²) in [5.41, 5.74) is 8.75. The van der Waals surface area contributed by atoms with Crippen molar-refractivity contribution in [3.8, 4) is 22.8 Å². The number of nitrogens with two attached hydrogens (primary N) is 1. The molecule has 198 valence electrons. The van der Waals surface area contributed by atoms with Crippen LogP contribution in [0.4, 0.5) is 5.82 Å². The molecule has 2 aromatic heterocycles. The minimum atomic E-state index is -0.102. The summed E-state index contributed by atoms with van der Waals surface area (Å²) < 4.78 is 7.95. The highest BCUT2D eigenvalue weighted by atomic mass is 16.5. The Labute approximate surface area is 223 Å². The lowest BCUT2D eigenvalue weighted by Crippen LogP contribution is -2.48. The zero-order valence-corrected chi connectivity index (χ0v) is 22.2. The molecule has 2 aromatic carbocycles. The molecule has 38 heavy (non-hydrogen) atoms. The molecule has 9 nitrogen and oxygen atoms in total. The Kier molecular flexibility index (Phi) is 7.55. The summed E-state index contributed by atoms with van der Waals surface area (Å²) in [5, 5.41) is 9.02. The van der Waals surface area contributed by atoms with Crippen molar-refractivity contribution in [2.24, 2.45) is 0 Å². The zero-order valence-electron chi connectivity index (χ0n) is 22.2. The highest BCUT2D eigenvalue weighted by Crippen LogP contribution is 2.36. The Morgan fingerprint density at radius 3 is 2.39 bits per heavy atom. The van der Waals surface area contributed by atoms with Crippen molar-refractivity contribution in [2.45, 2.75) is 57.2 Å². The Balaban J connectivity index is 1.34. The molecule has 1 aliphatic rings. The molecule has 2 heterocycles. The molecule has 1 fully saturated rings. The van der Waals surface area contributed by atoms with Gasteiger partial charge in [-0.15, -0.1) is 0 Å². The van der Waals surface area contributed by atoms with Gasteiger partial charge in [-0.25, -0.2) is 14.6 Å². The Hall–Kier alpha value is -3.98. The summed E-state index contributed by atoms with van der Waals surface area (Å²) in [6.45, 7) is 2.04. The van der Waals surface area contributed by atoms with Gasteiger partial charge in [0.2, 0.25) is 5.91 Å². The number of para-hydroxylation sites is 1. The SMILES string of the molecule is CC[C@@H](C(=O)NC1CCC(n2nc(-c3ccc(Oc4ccccc4)cc3)c3c(N)ncnc32)CC1)N(C)C. The number of nitrogens with zero attached hydrogens (tertiary/aromatic N) is 5. The van der Waals surface area contributed by atoms with Crippen molar-refractivity contribution >= 4 is 22.8 Å². The van der Waals surface area contributed by atoms with Crippen LogP contribution in [0.3, 0.4) is 0 Å². The summed E-state index contributed by atoms with van der Waals surface area (Å²) in [5.74, 6) is 2.04. The van der Waals surface area contributed by atoms with Crippen LogP contribution in [-0.2, 0) is 4.79 Å². The number of fused-ring (bicyclic) bond motifs is 1. The van der Waals surface area contributed by atoms with Gasteiger partial charge in [0.25, 0.3) is 0 Å². The second-order valence-corrected chi connectivity index (χ2v) is 10.1. The van der Waals surface area contributed by atoms with Crippen molar-refractivity contribution < 1.29 is 9.53 Å². The van der Waals surface area contributed by atoms with E-state index >= 15 is 0 Å². The second kappa shape index (κ2) is 11.2. The first kappa shape index (κ1) is 25.7. The fraction of sp³-hybridized carbons (Fsp3) is 0.379. The van der Waals surface area contributed by atoms with Gasteiger partial charge in [-0.2, -0.15) is 5.10 Å². The number of rotatable bonds is 8. The number of anilines is 1. The molecule has 3 N–H and O–H groups in total. The number of hydrogen-bond acceptors (Lipinski definition) is 7. The Morgan fingerprint density at radius 2 is 1.74 bits per heavy atom. The van der Waals surface area contributed by atoms with Gasteiger partial charge in [0, 0.05) is 11.6 Å². The molecule has 0 spiro atoms. The molecule has 4 aromatic rings. The van der Waals surface area contributed by atoms with E-state index in [1.54, 1.807) is 0 Å². The Morgan fingerprint density at radius 1 is 1.05 bits per heavy atom. The number of benzene rings is 2. The third kappa shape index (κ3) is 5.33. The van der Waals surface area contributed by atoms with E-state index < -0.39 is 0 Å². The van der Waals surface area contributed by atoms with Gasteiger partial charge >= 0.3 is 0 Å². The third-order valence-corrected chi connectivity index (χ3v) is 7.33. The van der Waals surface area contributed by atoms with Crippen molar-refractivity contribution in [3.63, 3.8) is 0 Å². The fourth-order valence-electron chi connectivity index (χ4n) is 5.30. The summed E-state index contributed by atoms with van der Waals surface area (Å²) >= 11 is 0. The monoisotopic (exact) mass is 513 g/mol. The molecule has 5 rings (SSSR count). The minimum absolute atomic E-state index is 0.102. The average Bonchev–Trinajstić information content (AvgIpc) is 3.31. The van der Waals surface area contributed by atoms with Crippen LogP contribution in [0.1, 0.15) is 45.1 Å². The zero-order chi connectivity index (χ0) is 26.6. The molecular formula is C29H35N7O2. The quantitative estimate of drug-likeness (QED) is 0.348. The minimum Gasteiger partial charge on any atom is -0.457 e. The van der Waals surface area contributed by atoms with Crippen molar-refractivity contribution in [2.75, 3.05) is 19.8 Å².